The lowest BCUT2D eigenvalue weighted by atomic mass is 9.33. The van der Waals surface area contributed by atoms with Gasteiger partial charge in [-0.15, -0.1) is 0 Å². The Morgan fingerprint density at radius 3 is 0.915 bits per heavy atom. The predicted octanol–water partition coefficient (Wildman–Crippen LogP) is 15.8. The molecule has 0 spiro atoms. The van der Waals surface area contributed by atoms with E-state index < -0.39 is 5.41 Å². The van der Waals surface area contributed by atoms with Gasteiger partial charge < -0.3 is 9.80 Å². The zero-order chi connectivity index (χ0) is 47.3. The molecule has 0 bridgehead atoms. The van der Waals surface area contributed by atoms with E-state index in [-0.39, 0.29) is 6.71 Å². The Morgan fingerprint density at radius 2 is 0.563 bits per heavy atom. The third kappa shape index (κ3) is 7.29. The number of nitrogens with zero attached hydrogens (tertiary/aromatic N) is 2. The Kier molecular flexibility index (Phi) is 10.4. The molecule has 71 heavy (non-hydrogen) atoms. The van der Waals surface area contributed by atoms with Crippen LogP contribution in [0, 0.1) is 0 Å². The van der Waals surface area contributed by atoms with Gasteiger partial charge in [0.15, 0.2) is 0 Å². The maximum Gasteiger partial charge on any atom is 0.252 e. The van der Waals surface area contributed by atoms with Crippen molar-refractivity contribution >= 4 is 57.2 Å². The second-order valence-electron chi connectivity index (χ2n) is 19.0. The number of fused-ring (bicyclic) bond motifs is 4. The maximum atomic E-state index is 2.55. The summed E-state index contributed by atoms with van der Waals surface area (Å²) in [5.74, 6) is 0. The number of rotatable bonds is 9. The van der Waals surface area contributed by atoms with Crippen LogP contribution in [0.5, 0.6) is 0 Å². The summed E-state index contributed by atoms with van der Waals surface area (Å²) in [6.45, 7) is 2.32. The molecular formula is C68H49BN2. The lowest BCUT2D eigenvalue weighted by molar-refractivity contribution is 0.693. The van der Waals surface area contributed by atoms with E-state index in [1.165, 1.54) is 100 Å². The molecule has 0 atom stereocenters. The molecule has 3 heteroatoms. The van der Waals surface area contributed by atoms with Gasteiger partial charge in [0.05, 0.1) is 0 Å². The average molecular weight is 905 g/mol. The molecule has 0 N–H and O–H groups in total. The monoisotopic (exact) mass is 904 g/mol. The number of hydrogen-bond acceptors (Lipinski definition) is 2. The summed E-state index contributed by atoms with van der Waals surface area (Å²) in [5, 5.41) is 0. The van der Waals surface area contributed by atoms with Crippen molar-refractivity contribution in [2.45, 2.75) is 12.3 Å². The number of anilines is 6. The van der Waals surface area contributed by atoms with Crippen molar-refractivity contribution < 1.29 is 0 Å². The molecule has 334 valence electrons. The zero-order valence-electron chi connectivity index (χ0n) is 39.5. The highest BCUT2D eigenvalue weighted by Crippen LogP contribution is 2.49. The van der Waals surface area contributed by atoms with E-state index in [9.17, 15) is 0 Å². The summed E-state index contributed by atoms with van der Waals surface area (Å²) in [6, 6.07) is 103. The molecule has 0 fully saturated rings. The summed E-state index contributed by atoms with van der Waals surface area (Å²) in [6.07, 6.45) is 0. The second-order valence-corrected chi connectivity index (χ2v) is 19.0. The minimum absolute atomic E-state index is 0.0919. The molecule has 0 aromatic heterocycles. The fourth-order valence-electron chi connectivity index (χ4n) is 11.4. The molecule has 2 aliphatic rings. The smallest absolute Gasteiger partial charge is 0.252 e. The molecule has 0 aliphatic carbocycles. The molecule has 0 radical (unpaired) electrons. The van der Waals surface area contributed by atoms with Gasteiger partial charge in [0.2, 0.25) is 0 Å². The first-order valence-corrected chi connectivity index (χ1v) is 24.7. The summed E-state index contributed by atoms with van der Waals surface area (Å²) < 4.78 is 0. The Morgan fingerprint density at radius 1 is 0.268 bits per heavy atom. The van der Waals surface area contributed by atoms with Crippen LogP contribution < -0.4 is 26.2 Å². The molecule has 0 saturated carbocycles. The van der Waals surface area contributed by atoms with Crippen molar-refractivity contribution in [3.63, 3.8) is 0 Å². The van der Waals surface area contributed by atoms with E-state index >= 15 is 0 Å². The predicted molar refractivity (Wildman–Crippen MR) is 301 cm³/mol. The van der Waals surface area contributed by atoms with Crippen molar-refractivity contribution in [2.75, 3.05) is 9.80 Å². The average Bonchev–Trinajstić information content (AvgIpc) is 3.46. The quantitative estimate of drug-likeness (QED) is 0.105. The summed E-state index contributed by atoms with van der Waals surface area (Å²) in [4.78, 5) is 5.10. The minimum atomic E-state index is -0.524. The number of benzene rings is 11. The Bertz CT molecular complexity index is 3440. The lowest BCUT2D eigenvalue weighted by Crippen LogP contribution is -2.61. The fourth-order valence-corrected chi connectivity index (χ4v) is 11.4. The summed E-state index contributed by atoms with van der Waals surface area (Å²) >= 11 is 0. The Labute approximate surface area is 417 Å². The van der Waals surface area contributed by atoms with Crippen LogP contribution in [0.4, 0.5) is 34.1 Å². The standard InChI is InChI=1S/C68H49BN2/c1-68(56-28-16-6-17-29-56,57-30-18-7-19-31-57)58-46-65-67-66(47-58)71(60-40-34-53(35-41-60)49-22-10-3-11-23-49)64-43-37-55(51-26-14-5-15-27-51)45-62(64)69(67)61-44-54(50-24-12-4-13-25-50)36-42-63(61)70(65)59-38-32-52(33-39-59)48-20-8-2-9-21-48/h2-47H,1H3. The maximum absolute atomic E-state index is 2.55. The molecule has 2 aliphatic heterocycles. The first-order chi connectivity index (χ1) is 35.1. The lowest BCUT2D eigenvalue weighted by Gasteiger charge is -2.46. The van der Waals surface area contributed by atoms with Crippen molar-refractivity contribution in [2.24, 2.45) is 0 Å². The van der Waals surface area contributed by atoms with Gasteiger partial charge in [-0.05, 0) is 133 Å². The molecule has 0 amide bonds. The third-order valence-electron chi connectivity index (χ3n) is 15.0. The molecule has 11 aromatic carbocycles. The Balaban J connectivity index is 1.14. The SMILES string of the molecule is CC(c1ccccc1)(c1ccccc1)c1cc2c3c(c1)N(c1ccc(-c4ccccc4)cc1)c1ccc(-c4ccccc4)cc1B3c1cc(-c3ccccc3)ccc1N2c1ccc(-c2ccccc2)cc1. The molecule has 11 aromatic rings. The highest BCUT2D eigenvalue weighted by atomic mass is 15.2. The summed E-state index contributed by atoms with van der Waals surface area (Å²) in [7, 11) is 0. The van der Waals surface area contributed by atoms with Crippen molar-refractivity contribution in [3.8, 4) is 44.5 Å². The fraction of sp³-hybridized carbons (Fsp3) is 0.0294. The van der Waals surface area contributed by atoms with Crippen molar-refractivity contribution in [1.29, 1.82) is 0 Å². The van der Waals surface area contributed by atoms with E-state index in [1.54, 1.807) is 0 Å². The largest absolute Gasteiger partial charge is 0.311 e. The van der Waals surface area contributed by atoms with Crippen LogP contribution in [0.1, 0.15) is 23.6 Å². The van der Waals surface area contributed by atoms with Crippen molar-refractivity contribution in [3.05, 3.63) is 296 Å². The van der Waals surface area contributed by atoms with Gasteiger partial charge >= 0.3 is 0 Å². The molecule has 0 saturated heterocycles. The first kappa shape index (κ1) is 42.2. The van der Waals surface area contributed by atoms with E-state index in [4.69, 9.17) is 0 Å². The minimum Gasteiger partial charge on any atom is -0.311 e. The highest BCUT2D eigenvalue weighted by molar-refractivity contribution is 7.00. The molecular weight excluding hydrogens is 856 g/mol. The van der Waals surface area contributed by atoms with E-state index in [1.807, 2.05) is 0 Å². The molecule has 0 unspecified atom stereocenters. The van der Waals surface area contributed by atoms with Crippen LogP contribution in [-0.4, -0.2) is 6.71 Å². The van der Waals surface area contributed by atoms with Gasteiger partial charge in [-0.1, -0.05) is 231 Å². The van der Waals surface area contributed by atoms with Gasteiger partial charge in [-0.2, -0.15) is 0 Å². The van der Waals surface area contributed by atoms with Crippen molar-refractivity contribution in [1.82, 2.24) is 0 Å². The normalized spacial score (nSPS) is 12.5. The van der Waals surface area contributed by atoms with Crippen LogP contribution in [0.3, 0.4) is 0 Å². The number of hydrogen-bond donors (Lipinski definition) is 0. The third-order valence-corrected chi connectivity index (χ3v) is 15.0. The van der Waals surface area contributed by atoms with Gasteiger partial charge in [0.25, 0.3) is 6.71 Å². The van der Waals surface area contributed by atoms with Gasteiger partial charge in [-0.3, -0.25) is 0 Å². The van der Waals surface area contributed by atoms with Crippen LogP contribution in [0.25, 0.3) is 44.5 Å². The van der Waals surface area contributed by atoms with E-state index in [2.05, 4.69) is 296 Å². The molecule has 2 nitrogen and oxygen atoms in total. The van der Waals surface area contributed by atoms with Crippen LogP contribution in [-0.2, 0) is 5.41 Å². The van der Waals surface area contributed by atoms with Crippen LogP contribution >= 0.6 is 0 Å². The molecule has 2 heterocycles. The molecule has 13 rings (SSSR count). The van der Waals surface area contributed by atoms with Gasteiger partial charge in [0.1, 0.15) is 0 Å². The summed E-state index contributed by atoms with van der Waals surface area (Å²) in [5.41, 5.74) is 23.5. The zero-order valence-corrected chi connectivity index (χ0v) is 39.5. The van der Waals surface area contributed by atoms with Crippen LogP contribution in [0.2, 0.25) is 0 Å². The van der Waals surface area contributed by atoms with E-state index in [0.717, 1.165) is 11.4 Å². The Hall–Kier alpha value is -8.92. The van der Waals surface area contributed by atoms with Gasteiger partial charge in [0, 0.05) is 39.5 Å². The highest BCUT2D eigenvalue weighted by Gasteiger charge is 2.45. The topological polar surface area (TPSA) is 6.48 Å². The first-order valence-electron chi connectivity index (χ1n) is 24.7. The van der Waals surface area contributed by atoms with Gasteiger partial charge in [-0.25, -0.2) is 0 Å². The van der Waals surface area contributed by atoms with Crippen LogP contribution in [0.15, 0.2) is 279 Å². The van der Waals surface area contributed by atoms with E-state index in [0.29, 0.717) is 0 Å². The second kappa shape index (κ2) is 17.6.